The molecule has 7 heteroatoms. The Labute approximate surface area is 119 Å². The summed E-state index contributed by atoms with van der Waals surface area (Å²) in [7, 11) is 0. The van der Waals surface area contributed by atoms with E-state index in [1.165, 1.54) is 24.3 Å². The van der Waals surface area contributed by atoms with E-state index < -0.39 is 4.92 Å². The second kappa shape index (κ2) is 5.83. The highest BCUT2D eigenvalue weighted by molar-refractivity contribution is 6.29. The van der Waals surface area contributed by atoms with Crippen LogP contribution in [0.2, 0.25) is 5.15 Å². The maximum Gasteiger partial charge on any atom is 0.276 e. The Morgan fingerprint density at radius 1 is 1.35 bits per heavy atom. The van der Waals surface area contributed by atoms with E-state index in [-0.39, 0.29) is 22.7 Å². The molecule has 0 spiro atoms. The minimum atomic E-state index is -0.540. The van der Waals surface area contributed by atoms with Gasteiger partial charge in [0, 0.05) is 6.04 Å². The van der Waals surface area contributed by atoms with Crippen LogP contribution in [0.1, 0.15) is 18.5 Å². The molecule has 0 fully saturated rings. The third kappa shape index (κ3) is 3.42. The highest BCUT2D eigenvalue weighted by atomic mass is 35.5. The van der Waals surface area contributed by atoms with E-state index in [9.17, 15) is 14.5 Å². The summed E-state index contributed by atoms with van der Waals surface area (Å²) in [6, 6.07) is 8.24. The summed E-state index contributed by atoms with van der Waals surface area (Å²) in [4.78, 5) is 14.2. The maximum atomic E-state index is 12.8. The zero-order valence-corrected chi connectivity index (χ0v) is 11.3. The molecule has 1 aromatic heterocycles. The van der Waals surface area contributed by atoms with Gasteiger partial charge in [-0.1, -0.05) is 23.7 Å². The van der Waals surface area contributed by atoms with Crippen LogP contribution >= 0.6 is 11.6 Å². The molecule has 0 saturated carbocycles. The summed E-state index contributed by atoms with van der Waals surface area (Å²) in [6.45, 7) is 1.83. The lowest BCUT2D eigenvalue weighted by Crippen LogP contribution is -2.08. The summed E-state index contributed by atoms with van der Waals surface area (Å²) >= 11 is 5.74. The maximum absolute atomic E-state index is 12.8. The monoisotopic (exact) mass is 295 g/mol. The van der Waals surface area contributed by atoms with Crippen molar-refractivity contribution in [3.63, 3.8) is 0 Å². The van der Waals surface area contributed by atoms with Crippen molar-refractivity contribution in [1.82, 2.24) is 4.98 Å². The number of nitrogens with zero attached hydrogens (tertiary/aromatic N) is 2. The summed E-state index contributed by atoms with van der Waals surface area (Å²) in [6.07, 6.45) is 0. The van der Waals surface area contributed by atoms with Gasteiger partial charge in [0.2, 0.25) is 0 Å². The molecule has 0 bridgehead atoms. The number of rotatable bonds is 4. The average molecular weight is 296 g/mol. The number of pyridine rings is 1. The van der Waals surface area contributed by atoms with E-state index in [0.717, 1.165) is 5.56 Å². The van der Waals surface area contributed by atoms with Gasteiger partial charge in [0.25, 0.3) is 5.69 Å². The normalized spacial score (nSPS) is 11.9. The zero-order chi connectivity index (χ0) is 14.7. The molecule has 0 radical (unpaired) electrons. The quantitative estimate of drug-likeness (QED) is 0.527. The van der Waals surface area contributed by atoms with Gasteiger partial charge in [0.15, 0.2) is 0 Å². The number of benzene rings is 1. The van der Waals surface area contributed by atoms with Gasteiger partial charge in [-0.3, -0.25) is 10.1 Å². The van der Waals surface area contributed by atoms with Crippen LogP contribution in [0.15, 0.2) is 36.4 Å². The standard InChI is InChI=1S/C13H11ClFN3O2/c1-8(9-2-4-10(15)5-3-9)16-13-7-11(18(19)20)6-12(14)17-13/h2-8H,1H3,(H,16,17). The van der Waals surface area contributed by atoms with Crippen molar-refractivity contribution in [3.8, 4) is 0 Å². The molecule has 2 rings (SSSR count). The van der Waals surface area contributed by atoms with Crippen molar-refractivity contribution in [2.75, 3.05) is 5.32 Å². The van der Waals surface area contributed by atoms with Crippen LogP contribution in [0, 0.1) is 15.9 Å². The summed E-state index contributed by atoms with van der Waals surface area (Å²) in [5, 5.41) is 13.8. The largest absolute Gasteiger partial charge is 0.363 e. The minimum absolute atomic E-state index is 0.0352. The number of aromatic nitrogens is 1. The molecule has 20 heavy (non-hydrogen) atoms. The lowest BCUT2D eigenvalue weighted by atomic mass is 10.1. The molecule has 2 aromatic rings. The van der Waals surface area contributed by atoms with Crippen molar-refractivity contribution in [2.45, 2.75) is 13.0 Å². The fraction of sp³-hybridized carbons (Fsp3) is 0.154. The van der Waals surface area contributed by atoms with Gasteiger partial charge in [-0.2, -0.15) is 0 Å². The third-order valence-electron chi connectivity index (χ3n) is 2.72. The fourth-order valence-electron chi connectivity index (χ4n) is 1.72. The Kier molecular flexibility index (Phi) is 4.14. The summed E-state index contributed by atoms with van der Waals surface area (Å²) in [5.41, 5.74) is 0.689. The first kappa shape index (κ1) is 14.2. The number of hydrogen-bond donors (Lipinski definition) is 1. The van der Waals surface area contributed by atoms with Crippen LogP contribution < -0.4 is 5.32 Å². The van der Waals surface area contributed by atoms with Crippen molar-refractivity contribution in [2.24, 2.45) is 0 Å². The molecular formula is C13H11ClFN3O2. The molecular weight excluding hydrogens is 285 g/mol. The van der Waals surface area contributed by atoms with E-state index in [1.807, 2.05) is 6.92 Å². The van der Waals surface area contributed by atoms with Crippen molar-refractivity contribution in [3.05, 3.63) is 63.0 Å². The molecule has 1 atom stereocenters. The van der Waals surface area contributed by atoms with Crippen LogP contribution in [-0.2, 0) is 0 Å². The number of nitro groups is 1. The van der Waals surface area contributed by atoms with E-state index in [1.54, 1.807) is 12.1 Å². The third-order valence-corrected chi connectivity index (χ3v) is 2.92. The first-order valence-electron chi connectivity index (χ1n) is 5.79. The topological polar surface area (TPSA) is 68.1 Å². The zero-order valence-electron chi connectivity index (χ0n) is 10.5. The fourth-order valence-corrected chi connectivity index (χ4v) is 1.92. The molecule has 0 saturated heterocycles. The van der Waals surface area contributed by atoms with Crippen molar-refractivity contribution >= 4 is 23.1 Å². The Hall–Kier alpha value is -2.21. The average Bonchev–Trinajstić information content (AvgIpc) is 2.38. The molecule has 0 aliphatic rings. The van der Waals surface area contributed by atoms with Gasteiger partial charge >= 0.3 is 0 Å². The minimum Gasteiger partial charge on any atom is -0.363 e. The molecule has 1 unspecified atom stereocenters. The molecule has 1 heterocycles. The lowest BCUT2D eigenvalue weighted by Gasteiger charge is -2.15. The number of anilines is 1. The van der Waals surface area contributed by atoms with Crippen molar-refractivity contribution < 1.29 is 9.31 Å². The van der Waals surface area contributed by atoms with Crippen LogP contribution in [0.25, 0.3) is 0 Å². The first-order valence-corrected chi connectivity index (χ1v) is 6.17. The molecule has 1 N–H and O–H groups in total. The smallest absolute Gasteiger partial charge is 0.276 e. The van der Waals surface area contributed by atoms with Gasteiger partial charge in [-0.25, -0.2) is 9.37 Å². The van der Waals surface area contributed by atoms with E-state index in [4.69, 9.17) is 11.6 Å². The molecule has 0 amide bonds. The van der Waals surface area contributed by atoms with Crippen LogP contribution in [0.3, 0.4) is 0 Å². The molecule has 1 aromatic carbocycles. The van der Waals surface area contributed by atoms with Crippen molar-refractivity contribution in [1.29, 1.82) is 0 Å². The number of nitrogens with one attached hydrogen (secondary N) is 1. The van der Waals surface area contributed by atoms with Crippen LogP contribution in [0.4, 0.5) is 15.9 Å². The SMILES string of the molecule is CC(Nc1cc([N+](=O)[O-])cc(Cl)n1)c1ccc(F)cc1. The van der Waals surface area contributed by atoms with Gasteiger partial charge in [0.1, 0.15) is 16.8 Å². The molecule has 0 aliphatic heterocycles. The molecule has 0 aliphatic carbocycles. The highest BCUT2D eigenvalue weighted by Gasteiger charge is 2.12. The van der Waals surface area contributed by atoms with E-state index >= 15 is 0 Å². The highest BCUT2D eigenvalue weighted by Crippen LogP contribution is 2.24. The number of halogens is 2. The van der Waals surface area contributed by atoms with Gasteiger partial charge in [0.05, 0.1) is 17.1 Å². The van der Waals surface area contributed by atoms with Gasteiger partial charge in [-0.05, 0) is 24.6 Å². The predicted octanol–water partition coefficient (Wildman–Crippen LogP) is 3.96. The van der Waals surface area contributed by atoms with Crippen LogP contribution in [-0.4, -0.2) is 9.91 Å². The van der Waals surface area contributed by atoms with Gasteiger partial charge < -0.3 is 5.32 Å². The Balaban J connectivity index is 2.21. The lowest BCUT2D eigenvalue weighted by molar-refractivity contribution is -0.384. The Bertz CT molecular complexity index is 634. The second-order valence-corrected chi connectivity index (χ2v) is 4.60. The summed E-state index contributed by atoms with van der Waals surface area (Å²) < 4.78 is 12.8. The first-order chi connectivity index (χ1) is 9.45. The van der Waals surface area contributed by atoms with Gasteiger partial charge in [-0.15, -0.1) is 0 Å². The predicted molar refractivity (Wildman–Crippen MR) is 74.3 cm³/mol. The van der Waals surface area contributed by atoms with E-state index in [2.05, 4.69) is 10.3 Å². The van der Waals surface area contributed by atoms with Crippen LogP contribution in [0.5, 0.6) is 0 Å². The Morgan fingerprint density at radius 2 is 2.00 bits per heavy atom. The number of hydrogen-bond acceptors (Lipinski definition) is 4. The molecule has 104 valence electrons. The Morgan fingerprint density at radius 3 is 2.60 bits per heavy atom. The van der Waals surface area contributed by atoms with E-state index in [0.29, 0.717) is 5.82 Å². The molecule has 5 nitrogen and oxygen atoms in total. The summed E-state index contributed by atoms with van der Waals surface area (Å²) in [5.74, 6) is -0.0292. The second-order valence-electron chi connectivity index (χ2n) is 4.21.